The number of hydrogen-bond donors (Lipinski definition) is 1. The van der Waals surface area contributed by atoms with Crippen LogP contribution in [0.1, 0.15) is 6.92 Å². The topological polar surface area (TPSA) is 29.1 Å². The Morgan fingerprint density at radius 2 is 1.75 bits per heavy atom. The van der Waals surface area contributed by atoms with Gasteiger partial charge in [-0.15, -0.1) is 0 Å². The third kappa shape index (κ3) is 115. The van der Waals surface area contributed by atoms with Gasteiger partial charge in [-0.2, -0.15) is 0 Å². The van der Waals surface area contributed by atoms with E-state index in [0.29, 0.717) is 0 Å². The van der Waals surface area contributed by atoms with Crippen LogP contribution in [0.4, 0.5) is 4.79 Å². The quantitative estimate of drug-likeness (QED) is 0.589. The van der Waals surface area contributed by atoms with Gasteiger partial charge in [0, 0.05) is 0 Å². The summed E-state index contributed by atoms with van der Waals surface area (Å²) in [5, 5.41) is 2.93. The van der Waals surface area contributed by atoms with Crippen LogP contribution in [0.3, 0.4) is 0 Å². The van der Waals surface area contributed by atoms with Gasteiger partial charge in [0.25, 0.3) is 0 Å². The molecule has 0 aliphatic carbocycles. The van der Waals surface area contributed by atoms with Crippen LogP contribution in [0, 0.1) is 0 Å². The van der Waals surface area contributed by atoms with Gasteiger partial charge in [-0.3, -0.25) is 4.79 Å². The fourth-order valence-electron chi connectivity index (χ4n) is 0. The van der Waals surface area contributed by atoms with Gasteiger partial charge >= 0.3 is 4.70 Å². The molecule has 0 unspecified atom stereocenters. The van der Waals surface area contributed by atoms with Gasteiger partial charge in [0.05, 0.1) is 0 Å². The largest absolute Gasteiger partial charge is 0.320 e. The molecule has 0 atom stereocenters. The highest BCUT2D eigenvalue weighted by atomic mass is 35.5. The van der Waals surface area contributed by atoms with Crippen molar-refractivity contribution in [3.8, 4) is 0 Å². The molecule has 0 aromatic heterocycles. The minimum atomic E-state index is -0.889. The summed E-state index contributed by atoms with van der Waals surface area (Å²) in [5.41, 5.74) is 0. The van der Waals surface area contributed by atoms with Gasteiger partial charge in [0.15, 0.2) is 0 Å². The van der Waals surface area contributed by atoms with Crippen LogP contribution in [0.5, 0.6) is 0 Å². The molecule has 0 aromatic carbocycles. The molecule has 0 amide bonds. The number of carbonyl (C=O) groups excluding carboxylic acids is 1. The normalized spacial score (nSPS) is 7.00. The summed E-state index contributed by atoms with van der Waals surface area (Å²) in [6, 6.07) is 0. The summed E-state index contributed by atoms with van der Waals surface area (Å²) in [7, 11) is 1.93. The number of nitrogens with one attached hydrogen (secondary N) is 1. The summed E-state index contributed by atoms with van der Waals surface area (Å²) in [4.78, 5) is 8.98. The molecule has 0 aliphatic heterocycles. The summed E-state index contributed by atoms with van der Waals surface area (Å²) < 4.78 is -0.889. The second-order valence-corrected chi connectivity index (χ2v) is 1.81. The highest BCUT2D eigenvalue weighted by Crippen LogP contribution is 1.84. The van der Waals surface area contributed by atoms with E-state index in [-0.39, 0.29) is 0 Å². The highest BCUT2D eigenvalue weighted by Gasteiger charge is 1.72. The summed E-state index contributed by atoms with van der Waals surface area (Å²) >= 11 is 8.80. The second kappa shape index (κ2) is 10.2. The zero-order valence-corrected chi connectivity index (χ0v) is 6.38. The Morgan fingerprint density at radius 3 is 1.75 bits per heavy atom. The summed E-state index contributed by atoms with van der Waals surface area (Å²) in [6.45, 7) is 3.14. The molecular weight excluding hydrogens is 149 g/mol. The first-order valence-corrected chi connectivity index (χ1v) is 2.90. The molecular formula is C4H9Cl2NO. The molecule has 0 aliphatic rings. The summed E-state index contributed by atoms with van der Waals surface area (Å²) in [6.07, 6.45) is 0. The van der Waals surface area contributed by atoms with Crippen molar-refractivity contribution in [1.29, 1.82) is 0 Å². The lowest BCUT2D eigenvalue weighted by molar-refractivity contribution is 0.275. The lowest BCUT2D eigenvalue weighted by Crippen LogP contribution is -2.01. The van der Waals surface area contributed by atoms with Crippen LogP contribution in [-0.2, 0) is 0 Å². The third-order valence-corrected chi connectivity index (χ3v) is 0.354. The highest BCUT2D eigenvalue weighted by molar-refractivity contribution is 6.93. The number of carbonyl (C=O) groups is 1. The van der Waals surface area contributed by atoms with E-state index in [2.05, 4.69) is 35.4 Å². The van der Waals surface area contributed by atoms with Gasteiger partial charge in [0.2, 0.25) is 0 Å². The molecule has 0 fully saturated rings. The summed E-state index contributed by atoms with van der Waals surface area (Å²) in [5.74, 6) is 0. The predicted molar refractivity (Wildman–Crippen MR) is 36.7 cm³/mol. The Bertz CT molecular complexity index is 52.0. The second-order valence-electron chi connectivity index (χ2n) is 0.933. The lowest BCUT2D eigenvalue weighted by atomic mass is 10.8. The van der Waals surface area contributed by atoms with Gasteiger partial charge < -0.3 is 5.32 Å². The van der Waals surface area contributed by atoms with E-state index in [9.17, 15) is 0 Å². The molecule has 0 saturated heterocycles. The number of hydrogen-bond acceptors (Lipinski definition) is 2. The Hall–Kier alpha value is 0.210. The average molecular weight is 158 g/mol. The molecule has 2 nitrogen and oxygen atoms in total. The van der Waals surface area contributed by atoms with Crippen LogP contribution in [0.25, 0.3) is 0 Å². The van der Waals surface area contributed by atoms with Gasteiger partial charge in [-0.25, -0.2) is 0 Å². The van der Waals surface area contributed by atoms with Crippen LogP contribution in [-0.4, -0.2) is 18.3 Å². The Labute approximate surface area is 59.2 Å². The van der Waals surface area contributed by atoms with Crippen molar-refractivity contribution < 1.29 is 4.79 Å². The molecule has 0 radical (unpaired) electrons. The zero-order valence-electron chi connectivity index (χ0n) is 4.87. The van der Waals surface area contributed by atoms with E-state index in [4.69, 9.17) is 4.79 Å². The van der Waals surface area contributed by atoms with Crippen molar-refractivity contribution in [3.05, 3.63) is 0 Å². The average Bonchev–Trinajstić information content (AvgIpc) is 1.65. The third-order valence-electron chi connectivity index (χ3n) is 0.354. The molecule has 0 heterocycles. The van der Waals surface area contributed by atoms with E-state index >= 15 is 0 Å². The first-order valence-electron chi connectivity index (χ1n) is 2.14. The molecule has 50 valence electrons. The Morgan fingerprint density at radius 1 is 1.62 bits per heavy atom. The minimum absolute atomic E-state index is 0.889. The van der Waals surface area contributed by atoms with Gasteiger partial charge in [-0.1, -0.05) is 6.92 Å². The smallest absolute Gasteiger partial charge is 0.313 e. The lowest BCUT2D eigenvalue weighted by Gasteiger charge is -1.76. The van der Waals surface area contributed by atoms with Crippen molar-refractivity contribution in [2.24, 2.45) is 0 Å². The molecule has 0 rings (SSSR count). The Kier molecular flexibility index (Phi) is 14.2. The fraction of sp³-hybridized carbons (Fsp3) is 0.750. The van der Waals surface area contributed by atoms with E-state index in [1.165, 1.54) is 0 Å². The molecule has 8 heavy (non-hydrogen) atoms. The predicted octanol–water partition coefficient (Wildman–Crippen LogP) is 1.81. The fourth-order valence-corrected chi connectivity index (χ4v) is 0. The number of halogens is 2. The first kappa shape index (κ1) is 11.1. The molecule has 0 saturated carbocycles. The van der Waals surface area contributed by atoms with Gasteiger partial charge in [0.1, 0.15) is 0 Å². The van der Waals surface area contributed by atoms with E-state index in [0.717, 1.165) is 6.54 Å². The monoisotopic (exact) mass is 157 g/mol. The molecule has 0 bridgehead atoms. The van der Waals surface area contributed by atoms with E-state index in [1.807, 2.05) is 7.05 Å². The van der Waals surface area contributed by atoms with Crippen molar-refractivity contribution in [2.75, 3.05) is 13.6 Å². The maximum absolute atomic E-state index is 8.98. The minimum Gasteiger partial charge on any atom is -0.320 e. The van der Waals surface area contributed by atoms with Crippen LogP contribution in [0.2, 0.25) is 0 Å². The van der Waals surface area contributed by atoms with Crippen LogP contribution >= 0.6 is 23.2 Å². The van der Waals surface area contributed by atoms with E-state index < -0.39 is 4.70 Å². The Balaban J connectivity index is 0. The van der Waals surface area contributed by atoms with Crippen molar-refractivity contribution in [1.82, 2.24) is 5.32 Å². The molecule has 0 aromatic rings. The standard InChI is InChI=1S/C3H9N.CCl2O/c1-3-4-2;2-1(3)4/h4H,3H2,1-2H3;. The van der Waals surface area contributed by atoms with Crippen LogP contribution in [0.15, 0.2) is 0 Å². The van der Waals surface area contributed by atoms with Gasteiger partial charge in [-0.05, 0) is 36.8 Å². The molecule has 4 heteroatoms. The SMILES string of the molecule is CCNC.O=C(Cl)Cl. The van der Waals surface area contributed by atoms with Crippen molar-refractivity contribution >= 4 is 27.9 Å². The van der Waals surface area contributed by atoms with Crippen molar-refractivity contribution in [2.45, 2.75) is 6.92 Å². The zero-order chi connectivity index (χ0) is 6.99. The van der Waals surface area contributed by atoms with Crippen molar-refractivity contribution in [3.63, 3.8) is 0 Å². The maximum Gasteiger partial charge on any atom is 0.313 e. The molecule has 0 spiro atoms. The molecule has 1 N–H and O–H groups in total. The number of rotatable bonds is 1. The first-order chi connectivity index (χ1) is 3.65. The van der Waals surface area contributed by atoms with E-state index in [1.54, 1.807) is 0 Å². The van der Waals surface area contributed by atoms with Crippen LogP contribution < -0.4 is 5.32 Å². The maximum atomic E-state index is 8.98.